The van der Waals surface area contributed by atoms with E-state index in [9.17, 15) is 8.78 Å². The first-order chi connectivity index (χ1) is 7.59. The first kappa shape index (κ1) is 11.5. The van der Waals surface area contributed by atoms with Crippen molar-refractivity contribution in [2.24, 2.45) is 0 Å². The van der Waals surface area contributed by atoms with Crippen LogP contribution in [0.15, 0.2) is 12.1 Å². The lowest BCUT2D eigenvalue weighted by molar-refractivity contribution is 0.364. The molecule has 3 heteroatoms. The summed E-state index contributed by atoms with van der Waals surface area (Å²) in [5, 5.41) is 3.29. The minimum Gasteiger partial charge on any atom is -0.314 e. The van der Waals surface area contributed by atoms with Crippen molar-refractivity contribution in [3.05, 3.63) is 34.9 Å². The van der Waals surface area contributed by atoms with Gasteiger partial charge in [-0.05, 0) is 50.8 Å². The van der Waals surface area contributed by atoms with Gasteiger partial charge in [-0.25, -0.2) is 8.78 Å². The molecule has 0 amide bonds. The van der Waals surface area contributed by atoms with Crippen LogP contribution in [0, 0.1) is 18.6 Å². The van der Waals surface area contributed by atoms with Crippen molar-refractivity contribution >= 4 is 0 Å². The van der Waals surface area contributed by atoms with Crippen molar-refractivity contribution in [1.29, 1.82) is 0 Å². The molecule has 1 N–H and O–H groups in total. The Morgan fingerprint density at radius 1 is 1.31 bits per heavy atom. The van der Waals surface area contributed by atoms with Gasteiger partial charge in [0.25, 0.3) is 0 Å². The molecule has 0 spiro atoms. The quantitative estimate of drug-likeness (QED) is 0.774. The lowest BCUT2D eigenvalue weighted by Crippen LogP contribution is -2.35. The van der Waals surface area contributed by atoms with Gasteiger partial charge < -0.3 is 5.32 Å². The highest BCUT2D eigenvalue weighted by atomic mass is 19.1. The Balaban J connectivity index is 2.35. The van der Waals surface area contributed by atoms with Gasteiger partial charge in [-0.1, -0.05) is 6.07 Å². The number of halogens is 2. The van der Waals surface area contributed by atoms with E-state index in [-0.39, 0.29) is 17.3 Å². The monoisotopic (exact) mass is 225 g/mol. The summed E-state index contributed by atoms with van der Waals surface area (Å²) < 4.78 is 27.6. The second kappa shape index (κ2) is 4.50. The molecule has 0 saturated carbocycles. The van der Waals surface area contributed by atoms with Crippen molar-refractivity contribution in [3.63, 3.8) is 0 Å². The summed E-state index contributed by atoms with van der Waals surface area (Å²) in [6, 6.07) is 3.21. The zero-order valence-electron chi connectivity index (χ0n) is 9.69. The van der Waals surface area contributed by atoms with Gasteiger partial charge in [0.1, 0.15) is 11.6 Å². The number of rotatable bonds is 1. The van der Waals surface area contributed by atoms with E-state index >= 15 is 0 Å². The molecule has 2 atom stereocenters. The highest BCUT2D eigenvalue weighted by Gasteiger charge is 2.25. The maximum Gasteiger partial charge on any atom is 0.132 e. The molecular formula is C13H17F2N. The summed E-state index contributed by atoms with van der Waals surface area (Å²) in [5.41, 5.74) is 0.816. The van der Waals surface area contributed by atoms with E-state index in [0.29, 0.717) is 11.6 Å². The lowest BCUT2D eigenvalue weighted by atomic mass is 9.85. The third-order valence-electron chi connectivity index (χ3n) is 3.35. The van der Waals surface area contributed by atoms with Crippen LogP contribution < -0.4 is 5.32 Å². The number of aryl methyl sites for hydroxylation is 1. The van der Waals surface area contributed by atoms with Crippen LogP contribution in [0.2, 0.25) is 0 Å². The third-order valence-corrected chi connectivity index (χ3v) is 3.35. The van der Waals surface area contributed by atoms with Crippen molar-refractivity contribution < 1.29 is 8.78 Å². The molecule has 88 valence electrons. The molecule has 0 bridgehead atoms. The summed E-state index contributed by atoms with van der Waals surface area (Å²) in [7, 11) is 0. The smallest absolute Gasteiger partial charge is 0.132 e. The molecule has 1 aromatic rings. The number of hydrogen-bond acceptors (Lipinski definition) is 1. The Kier molecular flexibility index (Phi) is 3.24. The minimum atomic E-state index is -0.401. The SMILES string of the molecule is Cc1ccc(F)c(C2CCNC(C)C2)c1F. The molecule has 1 aliphatic rings. The fraction of sp³-hybridized carbons (Fsp3) is 0.538. The molecule has 16 heavy (non-hydrogen) atoms. The normalized spacial score (nSPS) is 25.8. The molecule has 1 saturated heterocycles. The Labute approximate surface area is 94.9 Å². The standard InChI is InChI=1S/C13H17F2N/c1-8-3-4-11(14)12(13(8)15)10-5-6-16-9(2)7-10/h3-4,9-10,16H,5-7H2,1-2H3. The third kappa shape index (κ3) is 2.09. The summed E-state index contributed by atoms with van der Waals surface area (Å²) in [4.78, 5) is 0. The molecule has 0 radical (unpaired) electrons. The molecule has 0 aliphatic carbocycles. The van der Waals surface area contributed by atoms with Crippen LogP contribution in [0.4, 0.5) is 8.78 Å². The average Bonchev–Trinajstić information content (AvgIpc) is 2.24. The highest BCUT2D eigenvalue weighted by Crippen LogP contribution is 2.32. The molecule has 2 unspecified atom stereocenters. The predicted octanol–water partition coefficient (Wildman–Crippen LogP) is 3.13. The molecule has 1 heterocycles. The van der Waals surface area contributed by atoms with E-state index in [1.54, 1.807) is 6.92 Å². The van der Waals surface area contributed by atoms with E-state index in [4.69, 9.17) is 0 Å². The van der Waals surface area contributed by atoms with Gasteiger partial charge in [0.15, 0.2) is 0 Å². The van der Waals surface area contributed by atoms with Crippen LogP contribution in [0.25, 0.3) is 0 Å². The number of nitrogens with one attached hydrogen (secondary N) is 1. The van der Waals surface area contributed by atoms with E-state index in [1.165, 1.54) is 12.1 Å². The Morgan fingerprint density at radius 3 is 2.75 bits per heavy atom. The maximum absolute atomic E-state index is 13.9. The van der Waals surface area contributed by atoms with Crippen LogP contribution >= 0.6 is 0 Å². The molecule has 1 aromatic carbocycles. The van der Waals surface area contributed by atoms with Gasteiger partial charge in [0, 0.05) is 11.6 Å². The van der Waals surface area contributed by atoms with E-state index in [0.717, 1.165) is 19.4 Å². The largest absolute Gasteiger partial charge is 0.314 e. The molecule has 1 nitrogen and oxygen atoms in total. The van der Waals surface area contributed by atoms with Crippen LogP contribution in [-0.4, -0.2) is 12.6 Å². The van der Waals surface area contributed by atoms with Crippen molar-refractivity contribution in [1.82, 2.24) is 5.32 Å². The zero-order chi connectivity index (χ0) is 11.7. The topological polar surface area (TPSA) is 12.0 Å². The van der Waals surface area contributed by atoms with Gasteiger partial charge >= 0.3 is 0 Å². The summed E-state index contributed by atoms with van der Waals surface area (Å²) in [6.07, 6.45) is 1.61. The average molecular weight is 225 g/mol. The van der Waals surface area contributed by atoms with Crippen LogP contribution in [0.3, 0.4) is 0 Å². The number of hydrogen-bond donors (Lipinski definition) is 1. The fourth-order valence-corrected chi connectivity index (χ4v) is 2.45. The second-order valence-electron chi connectivity index (χ2n) is 4.67. The van der Waals surface area contributed by atoms with Crippen LogP contribution in [0.5, 0.6) is 0 Å². The molecular weight excluding hydrogens is 208 g/mol. The Hall–Kier alpha value is -0.960. The van der Waals surface area contributed by atoms with E-state index in [1.807, 2.05) is 0 Å². The first-order valence-electron chi connectivity index (χ1n) is 5.77. The number of piperidine rings is 1. The van der Waals surface area contributed by atoms with Gasteiger partial charge in [-0.2, -0.15) is 0 Å². The summed E-state index contributed by atoms with van der Waals surface area (Å²) >= 11 is 0. The maximum atomic E-state index is 13.9. The summed E-state index contributed by atoms with van der Waals surface area (Å²) in [5.74, 6) is -0.752. The summed E-state index contributed by atoms with van der Waals surface area (Å²) in [6.45, 7) is 4.57. The predicted molar refractivity (Wildman–Crippen MR) is 60.5 cm³/mol. The van der Waals surface area contributed by atoms with E-state index in [2.05, 4.69) is 12.2 Å². The number of benzene rings is 1. The molecule has 1 aliphatic heterocycles. The van der Waals surface area contributed by atoms with Crippen LogP contribution in [-0.2, 0) is 0 Å². The van der Waals surface area contributed by atoms with E-state index < -0.39 is 5.82 Å². The Morgan fingerprint density at radius 2 is 2.06 bits per heavy atom. The van der Waals surface area contributed by atoms with Crippen LogP contribution in [0.1, 0.15) is 36.8 Å². The molecule has 0 aromatic heterocycles. The molecule has 2 rings (SSSR count). The highest BCUT2D eigenvalue weighted by molar-refractivity contribution is 5.30. The van der Waals surface area contributed by atoms with Crippen molar-refractivity contribution in [2.45, 2.75) is 38.6 Å². The Bertz CT molecular complexity index is 390. The second-order valence-corrected chi connectivity index (χ2v) is 4.67. The first-order valence-corrected chi connectivity index (χ1v) is 5.77. The van der Waals surface area contributed by atoms with Gasteiger partial charge in [-0.3, -0.25) is 0 Å². The molecule has 1 fully saturated rings. The van der Waals surface area contributed by atoms with Gasteiger partial charge in [0.05, 0.1) is 0 Å². The van der Waals surface area contributed by atoms with Crippen molar-refractivity contribution in [3.8, 4) is 0 Å². The zero-order valence-corrected chi connectivity index (χ0v) is 9.69. The lowest BCUT2D eigenvalue weighted by Gasteiger charge is -2.29. The van der Waals surface area contributed by atoms with Gasteiger partial charge in [-0.15, -0.1) is 0 Å². The fourth-order valence-electron chi connectivity index (χ4n) is 2.45. The van der Waals surface area contributed by atoms with Crippen molar-refractivity contribution in [2.75, 3.05) is 6.54 Å². The minimum absolute atomic E-state index is 0.0103. The van der Waals surface area contributed by atoms with Gasteiger partial charge in [0.2, 0.25) is 0 Å².